The van der Waals surface area contributed by atoms with Gasteiger partial charge in [-0.15, -0.1) is 0 Å². The highest BCUT2D eigenvalue weighted by Crippen LogP contribution is 1.97. The molecule has 92 valence electrons. The summed E-state index contributed by atoms with van der Waals surface area (Å²) in [6.07, 6.45) is 0.250. The normalized spacial score (nSPS) is 10.0. The van der Waals surface area contributed by atoms with Crippen LogP contribution in [-0.4, -0.2) is 38.6 Å². The third kappa shape index (κ3) is 9.59. The van der Waals surface area contributed by atoms with Gasteiger partial charge in [0.05, 0.1) is 0 Å². The van der Waals surface area contributed by atoms with Crippen molar-refractivity contribution < 1.29 is 19.0 Å². The van der Waals surface area contributed by atoms with Crippen LogP contribution in [0.1, 0.15) is 27.2 Å². The third-order valence-electron chi connectivity index (χ3n) is 1.50. The van der Waals surface area contributed by atoms with Crippen molar-refractivity contribution in [2.45, 2.75) is 33.7 Å². The molecule has 0 unspecified atom stereocenters. The number of ketones is 1. The van der Waals surface area contributed by atoms with Gasteiger partial charge >= 0.3 is 0 Å². The van der Waals surface area contributed by atoms with Gasteiger partial charge in [-0.25, -0.2) is 0 Å². The van der Waals surface area contributed by atoms with E-state index in [-0.39, 0.29) is 12.2 Å². The summed E-state index contributed by atoms with van der Waals surface area (Å²) in [4.78, 5) is 14.5. The molecule has 0 N–H and O–H groups in total. The third-order valence-corrected chi connectivity index (χ3v) is 1.50. The summed E-state index contributed by atoms with van der Waals surface area (Å²) >= 11 is 0. The highest BCUT2D eigenvalue weighted by atomic mass is 16.8. The molecule has 0 radical (unpaired) electrons. The molecule has 0 aliphatic rings. The van der Waals surface area contributed by atoms with E-state index < -0.39 is 6.48 Å². The summed E-state index contributed by atoms with van der Waals surface area (Å²) in [5.41, 5.74) is 0. The number of ether oxygens (including phenoxy) is 3. The van der Waals surface area contributed by atoms with Gasteiger partial charge < -0.3 is 14.2 Å². The van der Waals surface area contributed by atoms with E-state index in [2.05, 4.69) is 10.9 Å². The van der Waals surface area contributed by atoms with Gasteiger partial charge in [0.2, 0.25) is 0 Å². The predicted molar refractivity (Wildman–Crippen MR) is 60.4 cm³/mol. The molecule has 0 aromatic rings. The molecule has 0 aromatic heterocycles. The van der Waals surface area contributed by atoms with Gasteiger partial charge in [-0.1, -0.05) is 4.85 Å². The monoisotopic (exact) mass is 230 g/mol. The van der Waals surface area contributed by atoms with Crippen LogP contribution in [0, 0.1) is 6.07 Å². The van der Waals surface area contributed by atoms with Gasteiger partial charge in [0, 0.05) is 13.2 Å². The number of nitrogens with zero attached hydrogens (tertiary/aromatic N) is 1. The molecule has 0 spiro atoms. The molecule has 16 heavy (non-hydrogen) atoms. The zero-order valence-electron chi connectivity index (χ0n) is 10.2. The van der Waals surface area contributed by atoms with E-state index in [1.165, 1.54) is 6.92 Å². The van der Waals surface area contributed by atoms with Crippen molar-refractivity contribution in [1.82, 2.24) is 0 Å². The minimum atomic E-state index is -0.627. The Labute approximate surface area is 96.5 Å². The average Bonchev–Trinajstić information content (AvgIpc) is 2.23. The lowest BCUT2D eigenvalue weighted by Gasteiger charge is -2.15. The molecule has 0 saturated heterocycles. The van der Waals surface area contributed by atoms with Crippen molar-refractivity contribution >= 4 is 5.78 Å². The predicted octanol–water partition coefficient (Wildman–Crippen LogP) is 1.67. The Balaban J connectivity index is 3.59. The minimum absolute atomic E-state index is 0.0474. The molecule has 0 amide bonds. The summed E-state index contributed by atoms with van der Waals surface area (Å²) in [6.45, 7) is 6.51. The van der Waals surface area contributed by atoms with Crippen LogP contribution in [0.5, 0.6) is 0 Å². The largest absolute Gasteiger partial charge is 0.330 e. The quantitative estimate of drug-likeness (QED) is 0.470. The zero-order chi connectivity index (χ0) is 12.2. The van der Waals surface area contributed by atoms with E-state index in [1.807, 2.05) is 13.8 Å². The number of Topliss-reactive ketones (excluding diaryl/α,β-unsaturated/α-hetero) is 1. The SMILES string of the molecule is CCOC(OCC)OCC[N+]#CCC(C)=O. The Morgan fingerprint density at radius 2 is 1.88 bits per heavy atom. The number of carbonyl (C=O) groups excluding carboxylic acids is 1. The van der Waals surface area contributed by atoms with Gasteiger partial charge in [-0.05, 0) is 20.8 Å². The van der Waals surface area contributed by atoms with Crippen molar-refractivity contribution in [3.8, 4) is 6.07 Å². The fraction of sp³-hybridized carbons (Fsp3) is 0.818. The van der Waals surface area contributed by atoms with E-state index in [1.54, 1.807) is 0 Å². The number of carbonyl (C=O) groups is 1. The van der Waals surface area contributed by atoms with Crippen molar-refractivity contribution in [3.63, 3.8) is 0 Å². The summed E-state index contributed by atoms with van der Waals surface area (Å²) in [5, 5.41) is 0. The van der Waals surface area contributed by atoms with Crippen LogP contribution in [0.25, 0.3) is 4.85 Å². The molecule has 0 rings (SSSR count). The maximum atomic E-state index is 10.6. The molecule has 5 nitrogen and oxygen atoms in total. The van der Waals surface area contributed by atoms with Gasteiger partial charge in [0.1, 0.15) is 18.8 Å². The fourth-order valence-electron chi connectivity index (χ4n) is 0.857. The summed E-state index contributed by atoms with van der Waals surface area (Å²) in [5.74, 6) is 0.0474. The fourth-order valence-corrected chi connectivity index (χ4v) is 0.857. The lowest BCUT2D eigenvalue weighted by atomic mass is 10.3. The molecule has 0 heterocycles. The van der Waals surface area contributed by atoms with Crippen LogP contribution in [0.2, 0.25) is 0 Å². The van der Waals surface area contributed by atoms with Crippen molar-refractivity contribution in [3.05, 3.63) is 4.85 Å². The zero-order valence-corrected chi connectivity index (χ0v) is 10.2. The first-order valence-corrected chi connectivity index (χ1v) is 5.44. The van der Waals surface area contributed by atoms with Crippen LogP contribution in [0.15, 0.2) is 0 Å². The summed E-state index contributed by atoms with van der Waals surface area (Å²) in [7, 11) is 0. The van der Waals surface area contributed by atoms with E-state index in [9.17, 15) is 4.79 Å². The van der Waals surface area contributed by atoms with Crippen LogP contribution in [-0.2, 0) is 19.0 Å². The van der Waals surface area contributed by atoms with Gasteiger partial charge in [-0.3, -0.25) is 4.79 Å². The molecule has 5 heteroatoms. The molecule has 0 fully saturated rings. The summed E-state index contributed by atoms with van der Waals surface area (Å²) in [6, 6.07) is 2.64. The maximum Gasteiger partial charge on any atom is 0.286 e. The van der Waals surface area contributed by atoms with Crippen LogP contribution in [0.3, 0.4) is 0 Å². The number of rotatable bonds is 8. The number of hydrogen-bond acceptors (Lipinski definition) is 4. The van der Waals surface area contributed by atoms with Crippen LogP contribution >= 0.6 is 0 Å². The second-order valence-corrected chi connectivity index (χ2v) is 2.99. The van der Waals surface area contributed by atoms with Gasteiger partial charge in [-0.2, -0.15) is 0 Å². The lowest BCUT2D eigenvalue weighted by molar-refractivity contribution is -0.282. The molecule has 0 aliphatic heterocycles. The molecule has 0 aromatic carbocycles. The van der Waals surface area contributed by atoms with E-state index in [0.717, 1.165) is 0 Å². The highest BCUT2D eigenvalue weighted by Gasteiger charge is 2.08. The molecular weight excluding hydrogens is 210 g/mol. The van der Waals surface area contributed by atoms with Crippen molar-refractivity contribution in [1.29, 1.82) is 0 Å². The van der Waals surface area contributed by atoms with Gasteiger partial charge in [0.15, 0.2) is 0 Å². The van der Waals surface area contributed by atoms with E-state index >= 15 is 0 Å². The lowest BCUT2D eigenvalue weighted by Crippen LogP contribution is -2.22. The standard InChI is InChI=1S/C11H20NO4/c1-4-14-11(15-5-2)16-9-8-12-7-6-10(3)13/h11H,4-6,8-9H2,1-3H3/q+1. The first kappa shape index (κ1) is 15.0. The number of hydrogen-bond donors (Lipinski definition) is 0. The Hall–Kier alpha value is -0.960. The topological polar surface area (TPSA) is 49.1 Å². The minimum Gasteiger partial charge on any atom is -0.330 e. The Morgan fingerprint density at radius 1 is 1.25 bits per heavy atom. The second kappa shape index (κ2) is 10.6. The molecule has 0 atom stereocenters. The first-order valence-electron chi connectivity index (χ1n) is 5.44. The van der Waals surface area contributed by atoms with E-state index in [4.69, 9.17) is 14.2 Å². The smallest absolute Gasteiger partial charge is 0.286 e. The molecule has 0 saturated carbocycles. The van der Waals surface area contributed by atoms with Crippen LogP contribution in [0.4, 0.5) is 0 Å². The molecular formula is C11H20NO4+. The first-order chi connectivity index (χ1) is 7.70. The van der Waals surface area contributed by atoms with Crippen LogP contribution < -0.4 is 0 Å². The average molecular weight is 230 g/mol. The second-order valence-electron chi connectivity index (χ2n) is 2.99. The molecule has 0 bridgehead atoms. The van der Waals surface area contributed by atoms with E-state index in [0.29, 0.717) is 26.4 Å². The van der Waals surface area contributed by atoms with Crippen molar-refractivity contribution in [2.75, 3.05) is 26.4 Å². The Kier molecular flexibility index (Phi) is 9.92. The maximum absolute atomic E-state index is 10.6. The Bertz CT molecular complexity index is 238. The van der Waals surface area contributed by atoms with Gasteiger partial charge in [0.25, 0.3) is 19.1 Å². The highest BCUT2D eigenvalue weighted by molar-refractivity contribution is 5.77. The summed E-state index contributed by atoms with van der Waals surface area (Å²) < 4.78 is 15.6. The molecule has 0 aliphatic carbocycles. The van der Waals surface area contributed by atoms with Crippen molar-refractivity contribution in [2.24, 2.45) is 0 Å². The Morgan fingerprint density at radius 3 is 2.38 bits per heavy atom.